The van der Waals surface area contributed by atoms with E-state index in [1.54, 1.807) is 31.4 Å². The van der Waals surface area contributed by atoms with Gasteiger partial charge in [0.2, 0.25) is 0 Å². The average molecular weight is 436 g/mol. The monoisotopic (exact) mass is 435 g/mol. The number of thiocarbonyl (C=S) groups is 1. The molecule has 0 bridgehead atoms. The number of nitrogens with one attached hydrogen (secondary N) is 1. The maximum Gasteiger partial charge on any atom is 0.263 e. The summed E-state index contributed by atoms with van der Waals surface area (Å²) in [7, 11) is 1.61. The second kappa shape index (κ2) is 9.82. The maximum atomic E-state index is 11.9. The molecule has 0 spiro atoms. The smallest absolute Gasteiger partial charge is 0.263 e. The highest BCUT2D eigenvalue weighted by atomic mass is 35.5. The van der Waals surface area contributed by atoms with Crippen molar-refractivity contribution in [3.8, 4) is 17.2 Å². The lowest BCUT2D eigenvalue weighted by molar-refractivity contribution is -0.115. The third-order valence-electron chi connectivity index (χ3n) is 3.77. The molecule has 1 fully saturated rings. The summed E-state index contributed by atoms with van der Waals surface area (Å²) in [6.07, 6.45) is 2.40. The van der Waals surface area contributed by atoms with Crippen molar-refractivity contribution in [1.29, 1.82) is 0 Å². The first-order valence-corrected chi connectivity index (χ1v) is 10.1. The molecular formula is C20H18ClNO4S2. The van der Waals surface area contributed by atoms with Crippen LogP contribution in [0.2, 0.25) is 5.02 Å². The number of hydrogen-bond acceptors (Lipinski definition) is 6. The van der Waals surface area contributed by atoms with Crippen LogP contribution in [0.3, 0.4) is 0 Å². The number of rotatable bonds is 8. The summed E-state index contributed by atoms with van der Waals surface area (Å²) in [5.41, 5.74) is 0.723. The Bertz CT molecular complexity index is 917. The minimum atomic E-state index is -0.217. The topological polar surface area (TPSA) is 56.8 Å². The molecule has 0 unspecified atom stereocenters. The molecule has 2 aromatic carbocycles. The number of amides is 1. The fourth-order valence-electron chi connectivity index (χ4n) is 2.49. The Labute approximate surface area is 178 Å². The molecule has 2 aromatic rings. The van der Waals surface area contributed by atoms with Gasteiger partial charge in [0.05, 0.1) is 25.2 Å². The lowest BCUT2D eigenvalue weighted by Crippen LogP contribution is -2.17. The first kappa shape index (κ1) is 20.5. The zero-order chi connectivity index (χ0) is 19.9. The van der Waals surface area contributed by atoms with Crippen molar-refractivity contribution in [2.45, 2.75) is 6.42 Å². The summed E-state index contributed by atoms with van der Waals surface area (Å²) < 4.78 is 17.3. The summed E-state index contributed by atoms with van der Waals surface area (Å²) in [4.78, 5) is 12.4. The molecule has 0 aromatic heterocycles. The Hall–Kier alpha value is -2.22. The maximum absolute atomic E-state index is 11.9. The minimum Gasteiger partial charge on any atom is -0.493 e. The number of ether oxygens (including phenoxy) is 3. The molecule has 1 heterocycles. The SMILES string of the molecule is COc1ccccc1OCCCOc1ccc(Cl)cc1/C=C1\SC(=S)NC1=O. The summed E-state index contributed by atoms with van der Waals surface area (Å²) >= 11 is 12.3. The van der Waals surface area contributed by atoms with Crippen LogP contribution in [0.4, 0.5) is 0 Å². The van der Waals surface area contributed by atoms with E-state index in [1.807, 2.05) is 24.3 Å². The molecule has 0 aliphatic carbocycles. The largest absolute Gasteiger partial charge is 0.493 e. The van der Waals surface area contributed by atoms with Crippen LogP contribution in [0.5, 0.6) is 17.2 Å². The molecule has 146 valence electrons. The van der Waals surface area contributed by atoms with Gasteiger partial charge in [-0.1, -0.05) is 47.7 Å². The van der Waals surface area contributed by atoms with E-state index in [-0.39, 0.29) is 5.91 Å². The normalized spacial score (nSPS) is 14.9. The van der Waals surface area contributed by atoms with Gasteiger partial charge in [-0.15, -0.1) is 0 Å². The van der Waals surface area contributed by atoms with Gasteiger partial charge in [0.15, 0.2) is 11.5 Å². The summed E-state index contributed by atoms with van der Waals surface area (Å²) in [5.74, 6) is 1.81. The van der Waals surface area contributed by atoms with Crippen molar-refractivity contribution in [2.24, 2.45) is 0 Å². The molecule has 0 atom stereocenters. The Morgan fingerprint density at radius 3 is 2.50 bits per heavy atom. The van der Waals surface area contributed by atoms with E-state index >= 15 is 0 Å². The Kier molecular flexibility index (Phi) is 7.19. The van der Waals surface area contributed by atoms with E-state index < -0.39 is 0 Å². The van der Waals surface area contributed by atoms with Gasteiger partial charge < -0.3 is 19.5 Å². The first-order chi connectivity index (χ1) is 13.6. The zero-order valence-electron chi connectivity index (χ0n) is 15.1. The summed E-state index contributed by atoms with van der Waals surface area (Å²) in [5, 5.41) is 3.15. The molecule has 28 heavy (non-hydrogen) atoms. The average Bonchev–Trinajstić information content (AvgIpc) is 3.00. The van der Waals surface area contributed by atoms with Crippen LogP contribution in [0.1, 0.15) is 12.0 Å². The minimum absolute atomic E-state index is 0.217. The highest BCUT2D eigenvalue weighted by Gasteiger charge is 2.22. The quantitative estimate of drug-likeness (QED) is 0.369. The standard InChI is InChI=1S/C20H18ClNO4S2/c1-24-16-5-2-3-6-17(16)26-10-4-9-25-15-8-7-14(21)11-13(15)12-18-19(23)22-20(27)28-18/h2-3,5-8,11-12H,4,9-10H2,1H3,(H,22,23,27)/b18-12-. The molecule has 1 amide bonds. The second-order valence-corrected chi connectivity index (χ2v) is 7.89. The number of halogens is 1. The molecule has 8 heteroatoms. The Balaban J connectivity index is 1.58. The molecule has 1 N–H and O–H groups in total. The number of benzene rings is 2. The van der Waals surface area contributed by atoms with Crippen molar-refractivity contribution < 1.29 is 19.0 Å². The van der Waals surface area contributed by atoms with Gasteiger partial charge in [-0.3, -0.25) is 4.79 Å². The van der Waals surface area contributed by atoms with E-state index in [1.165, 1.54) is 11.8 Å². The van der Waals surface area contributed by atoms with Gasteiger partial charge in [0.25, 0.3) is 5.91 Å². The fraction of sp³-hybridized carbons (Fsp3) is 0.200. The predicted octanol–water partition coefficient (Wildman–Crippen LogP) is 4.69. The predicted molar refractivity (Wildman–Crippen MR) is 116 cm³/mol. The van der Waals surface area contributed by atoms with Gasteiger partial charge in [0, 0.05) is 17.0 Å². The lowest BCUT2D eigenvalue weighted by Gasteiger charge is -2.12. The van der Waals surface area contributed by atoms with Crippen LogP contribution in [0.15, 0.2) is 47.4 Å². The third kappa shape index (κ3) is 5.41. The fourth-order valence-corrected chi connectivity index (χ4v) is 3.70. The van der Waals surface area contributed by atoms with Crippen LogP contribution in [0.25, 0.3) is 6.08 Å². The van der Waals surface area contributed by atoms with Crippen LogP contribution < -0.4 is 19.5 Å². The first-order valence-electron chi connectivity index (χ1n) is 8.50. The van der Waals surface area contributed by atoms with Gasteiger partial charge in [-0.2, -0.15) is 0 Å². The zero-order valence-corrected chi connectivity index (χ0v) is 17.5. The third-order valence-corrected chi connectivity index (χ3v) is 5.17. The summed E-state index contributed by atoms with van der Waals surface area (Å²) in [6.45, 7) is 0.932. The van der Waals surface area contributed by atoms with Crippen LogP contribution in [0, 0.1) is 0 Å². The van der Waals surface area contributed by atoms with E-state index in [0.29, 0.717) is 51.1 Å². The number of hydrogen-bond donors (Lipinski definition) is 1. The van der Waals surface area contributed by atoms with E-state index in [0.717, 1.165) is 5.56 Å². The summed E-state index contributed by atoms with van der Waals surface area (Å²) in [6, 6.07) is 12.8. The highest BCUT2D eigenvalue weighted by Crippen LogP contribution is 2.31. The second-order valence-electron chi connectivity index (χ2n) is 5.74. The van der Waals surface area contributed by atoms with E-state index in [9.17, 15) is 4.79 Å². The number of thioether (sulfide) groups is 1. The number of para-hydroxylation sites is 2. The van der Waals surface area contributed by atoms with Crippen LogP contribution >= 0.6 is 35.6 Å². The number of carbonyl (C=O) groups is 1. The molecule has 1 aliphatic heterocycles. The van der Waals surface area contributed by atoms with Crippen molar-refractivity contribution >= 4 is 51.9 Å². The number of methoxy groups -OCH3 is 1. The molecule has 3 rings (SSSR count). The lowest BCUT2D eigenvalue weighted by atomic mass is 10.2. The van der Waals surface area contributed by atoms with E-state index in [2.05, 4.69) is 5.32 Å². The number of carbonyl (C=O) groups excluding carboxylic acids is 1. The Morgan fingerprint density at radius 1 is 1.11 bits per heavy atom. The highest BCUT2D eigenvalue weighted by molar-refractivity contribution is 8.26. The molecule has 1 saturated heterocycles. The van der Waals surface area contributed by atoms with Crippen molar-refractivity contribution in [3.63, 3.8) is 0 Å². The van der Waals surface area contributed by atoms with Gasteiger partial charge in [-0.25, -0.2) is 0 Å². The van der Waals surface area contributed by atoms with Gasteiger partial charge in [0.1, 0.15) is 10.1 Å². The molecular weight excluding hydrogens is 418 g/mol. The van der Waals surface area contributed by atoms with Crippen molar-refractivity contribution in [2.75, 3.05) is 20.3 Å². The van der Waals surface area contributed by atoms with Crippen molar-refractivity contribution in [1.82, 2.24) is 5.32 Å². The molecule has 0 radical (unpaired) electrons. The van der Waals surface area contributed by atoms with Crippen molar-refractivity contribution in [3.05, 3.63) is 58.0 Å². The van der Waals surface area contributed by atoms with E-state index in [4.69, 9.17) is 38.0 Å². The molecule has 1 aliphatic rings. The van der Waals surface area contributed by atoms with Crippen LogP contribution in [-0.2, 0) is 4.79 Å². The van der Waals surface area contributed by atoms with Gasteiger partial charge >= 0.3 is 0 Å². The van der Waals surface area contributed by atoms with Crippen LogP contribution in [-0.4, -0.2) is 30.6 Å². The molecule has 5 nitrogen and oxygen atoms in total. The van der Waals surface area contributed by atoms with Gasteiger partial charge in [-0.05, 0) is 36.4 Å². The molecule has 0 saturated carbocycles. The Morgan fingerprint density at radius 2 is 1.82 bits per heavy atom.